The highest BCUT2D eigenvalue weighted by atomic mass is 35.5. The van der Waals surface area contributed by atoms with E-state index < -0.39 is 0 Å². The van der Waals surface area contributed by atoms with Crippen molar-refractivity contribution < 1.29 is 4.79 Å². The van der Waals surface area contributed by atoms with Gasteiger partial charge in [-0.05, 0) is 30.7 Å². The van der Waals surface area contributed by atoms with Crippen LogP contribution in [-0.2, 0) is 0 Å². The van der Waals surface area contributed by atoms with Gasteiger partial charge in [0.1, 0.15) is 4.34 Å². The van der Waals surface area contributed by atoms with E-state index >= 15 is 0 Å². The van der Waals surface area contributed by atoms with Gasteiger partial charge < -0.3 is 10.2 Å². The fourth-order valence-electron chi connectivity index (χ4n) is 3.30. The quantitative estimate of drug-likeness (QED) is 0.536. The molecule has 0 saturated carbocycles. The molecule has 4 rings (SSSR count). The number of carbonyl (C=O) groups excluding carboxylic acids is 1. The van der Waals surface area contributed by atoms with E-state index in [0.29, 0.717) is 20.8 Å². The summed E-state index contributed by atoms with van der Waals surface area (Å²) in [6.45, 7) is 7.05. The third-order valence-corrected chi connectivity index (χ3v) is 7.97. The second kappa shape index (κ2) is 8.96. The maximum absolute atomic E-state index is 12.2. The third kappa shape index (κ3) is 4.65. The van der Waals surface area contributed by atoms with E-state index in [4.69, 9.17) is 39.8 Å². The number of fused-ring (bicyclic) bond motifs is 1. The van der Waals surface area contributed by atoms with Crippen LogP contribution in [0.15, 0.2) is 18.2 Å². The van der Waals surface area contributed by atoms with Crippen LogP contribution in [-0.4, -0.2) is 55.1 Å². The summed E-state index contributed by atoms with van der Waals surface area (Å²) in [6, 6.07) is 5.58. The lowest BCUT2D eigenvalue weighted by Crippen LogP contribution is -2.48. The van der Waals surface area contributed by atoms with Gasteiger partial charge in [0.15, 0.2) is 5.13 Å². The van der Waals surface area contributed by atoms with E-state index in [9.17, 15) is 4.79 Å². The van der Waals surface area contributed by atoms with Crippen LogP contribution in [0.25, 0.3) is 10.2 Å². The largest absolute Gasteiger partial charge is 0.351 e. The summed E-state index contributed by atoms with van der Waals surface area (Å²) < 4.78 is 2.11. The standard InChI is InChI=1S/C19H19Cl3N4OS2/c1-11-13(20)2-3-14-16(11)24-19(28-14)26-8-6-25(7-9-26)5-4-23-18(27)12-10-15(21)29-17(12)22/h2-3,10H,4-9H2,1H3,(H,23,27). The van der Waals surface area contributed by atoms with Gasteiger partial charge in [-0.15, -0.1) is 11.3 Å². The highest BCUT2D eigenvalue weighted by Gasteiger charge is 2.21. The molecule has 1 aliphatic heterocycles. The molecule has 3 aromatic rings. The van der Waals surface area contributed by atoms with Gasteiger partial charge in [0, 0.05) is 44.3 Å². The molecule has 1 N–H and O–H groups in total. The zero-order chi connectivity index (χ0) is 20.5. The monoisotopic (exact) mass is 488 g/mol. The minimum absolute atomic E-state index is 0.180. The molecule has 0 bridgehead atoms. The van der Waals surface area contributed by atoms with Crippen molar-refractivity contribution in [3.8, 4) is 0 Å². The summed E-state index contributed by atoms with van der Waals surface area (Å²) in [5.41, 5.74) is 2.47. The zero-order valence-electron chi connectivity index (χ0n) is 15.7. The van der Waals surface area contributed by atoms with E-state index in [-0.39, 0.29) is 5.91 Å². The second-order valence-electron chi connectivity index (χ2n) is 6.84. The summed E-state index contributed by atoms with van der Waals surface area (Å²) in [7, 11) is 0. The molecular formula is C19H19Cl3N4OS2. The molecule has 29 heavy (non-hydrogen) atoms. The van der Waals surface area contributed by atoms with Gasteiger partial charge in [-0.1, -0.05) is 46.1 Å². The van der Waals surface area contributed by atoms with Crippen LogP contribution < -0.4 is 10.2 Å². The van der Waals surface area contributed by atoms with Crippen molar-refractivity contribution in [2.24, 2.45) is 0 Å². The molecule has 0 atom stereocenters. The first kappa shape index (κ1) is 21.2. The number of benzene rings is 1. The first-order valence-electron chi connectivity index (χ1n) is 9.18. The van der Waals surface area contributed by atoms with Gasteiger partial charge >= 0.3 is 0 Å². The molecule has 1 aromatic carbocycles. The molecule has 2 aromatic heterocycles. The SMILES string of the molecule is Cc1c(Cl)ccc2sc(N3CCN(CCNC(=O)c4cc(Cl)sc4Cl)CC3)nc12. The Balaban J connectivity index is 1.28. The van der Waals surface area contributed by atoms with Crippen LogP contribution in [0.3, 0.4) is 0 Å². The minimum Gasteiger partial charge on any atom is -0.351 e. The fraction of sp³-hybridized carbons (Fsp3) is 0.368. The van der Waals surface area contributed by atoms with Crippen LogP contribution in [0, 0.1) is 6.92 Å². The van der Waals surface area contributed by atoms with Crippen molar-refractivity contribution in [2.45, 2.75) is 6.92 Å². The number of nitrogens with one attached hydrogen (secondary N) is 1. The number of rotatable bonds is 5. The van der Waals surface area contributed by atoms with Crippen molar-refractivity contribution in [1.82, 2.24) is 15.2 Å². The summed E-state index contributed by atoms with van der Waals surface area (Å²) in [6.07, 6.45) is 0. The van der Waals surface area contributed by atoms with E-state index in [0.717, 1.165) is 54.0 Å². The Kier molecular flexibility index (Phi) is 6.53. The lowest BCUT2D eigenvalue weighted by atomic mass is 10.2. The average molecular weight is 490 g/mol. The Morgan fingerprint density at radius 2 is 1.93 bits per heavy atom. The van der Waals surface area contributed by atoms with E-state index in [1.54, 1.807) is 17.4 Å². The molecule has 1 amide bonds. The van der Waals surface area contributed by atoms with Crippen molar-refractivity contribution in [2.75, 3.05) is 44.2 Å². The van der Waals surface area contributed by atoms with Crippen molar-refractivity contribution in [3.05, 3.63) is 43.0 Å². The molecule has 154 valence electrons. The van der Waals surface area contributed by atoms with Crippen LogP contribution >= 0.6 is 57.5 Å². The molecule has 1 fully saturated rings. The second-order valence-corrected chi connectivity index (χ2v) is 10.5. The number of amides is 1. The van der Waals surface area contributed by atoms with Crippen molar-refractivity contribution >= 4 is 78.7 Å². The number of nitrogens with zero attached hydrogens (tertiary/aromatic N) is 3. The lowest BCUT2D eigenvalue weighted by molar-refractivity contribution is 0.0948. The highest BCUT2D eigenvalue weighted by molar-refractivity contribution is 7.22. The molecule has 3 heterocycles. The molecule has 0 spiro atoms. The maximum Gasteiger partial charge on any atom is 0.253 e. The fourth-order valence-corrected chi connectivity index (χ4v) is 5.99. The number of aromatic nitrogens is 1. The number of hydrogen-bond acceptors (Lipinski definition) is 6. The zero-order valence-corrected chi connectivity index (χ0v) is 19.6. The molecule has 1 aliphatic rings. The number of aryl methyl sites for hydroxylation is 1. The number of piperazine rings is 1. The van der Waals surface area contributed by atoms with Crippen LogP contribution in [0.2, 0.25) is 13.7 Å². The highest BCUT2D eigenvalue weighted by Crippen LogP contribution is 2.34. The Labute approximate surface area is 192 Å². The van der Waals surface area contributed by atoms with Gasteiger partial charge in [0.2, 0.25) is 0 Å². The van der Waals surface area contributed by atoms with Crippen LogP contribution in [0.4, 0.5) is 5.13 Å². The van der Waals surface area contributed by atoms with E-state index in [2.05, 4.69) is 15.1 Å². The van der Waals surface area contributed by atoms with Gasteiger partial charge in [-0.2, -0.15) is 0 Å². The van der Waals surface area contributed by atoms with Crippen molar-refractivity contribution in [3.63, 3.8) is 0 Å². The number of anilines is 1. The molecular weight excluding hydrogens is 471 g/mol. The lowest BCUT2D eigenvalue weighted by Gasteiger charge is -2.34. The molecule has 0 radical (unpaired) electrons. The Morgan fingerprint density at radius 3 is 2.62 bits per heavy atom. The summed E-state index contributed by atoms with van der Waals surface area (Å²) in [5, 5.41) is 4.72. The van der Waals surface area contributed by atoms with Crippen molar-refractivity contribution in [1.29, 1.82) is 0 Å². The number of thiophene rings is 1. The smallest absolute Gasteiger partial charge is 0.253 e. The normalized spacial score (nSPS) is 15.2. The van der Waals surface area contributed by atoms with Crippen LogP contribution in [0.5, 0.6) is 0 Å². The Hall–Kier alpha value is -1.09. The number of hydrogen-bond donors (Lipinski definition) is 1. The van der Waals surface area contributed by atoms with Gasteiger partial charge in [-0.3, -0.25) is 9.69 Å². The molecule has 1 saturated heterocycles. The average Bonchev–Trinajstić information content (AvgIpc) is 3.28. The molecule has 10 heteroatoms. The summed E-state index contributed by atoms with van der Waals surface area (Å²) in [5.74, 6) is -0.180. The van der Waals surface area contributed by atoms with E-state index in [1.165, 1.54) is 16.0 Å². The Morgan fingerprint density at radius 1 is 1.17 bits per heavy atom. The molecule has 0 unspecified atom stereocenters. The predicted octanol–water partition coefficient (Wildman–Crippen LogP) is 5.18. The predicted molar refractivity (Wildman–Crippen MR) is 125 cm³/mol. The van der Waals surface area contributed by atoms with Crippen LogP contribution in [0.1, 0.15) is 15.9 Å². The summed E-state index contributed by atoms with van der Waals surface area (Å²) in [4.78, 5) is 21.7. The first-order valence-corrected chi connectivity index (χ1v) is 11.9. The first-order chi connectivity index (χ1) is 13.9. The van der Waals surface area contributed by atoms with Gasteiger partial charge in [-0.25, -0.2) is 4.98 Å². The Bertz CT molecular complexity index is 1040. The molecule has 5 nitrogen and oxygen atoms in total. The number of carbonyl (C=O) groups is 1. The van der Waals surface area contributed by atoms with Gasteiger partial charge in [0.05, 0.1) is 20.1 Å². The summed E-state index contributed by atoms with van der Waals surface area (Å²) >= 11 is 21.1. The van der Waals surface area contributed by atoms with E-state index in [1.807, 2.05) is 19.1 Å². The number of thiazole rings is 1. The number of halogens is 3. The maximum atomic E-state index is 12.2. The minimum atomic E-state index is -0.180. The van der Waals surface area contributed by atoms with Gasteiger partial charge in [0.25, 0.3) is 5.91 Å². The third-order valence-electron chi connectivity index (χ3n) is 4.99. The topological polar surface area (TPSA) is 48.5 Å². The molecule has 0 aliphatic carbocycles.